The van der Waals surface area contributed by atoms with Crippen LogP contribution in [0.3, 0.4) is 0 Å². The molecule has 55 heavy (non-hydrogen) atoms. The topological polar surface area (TPSA) is 146 Å². The number of benzene rings is 2. The number of imidazole rings is 1. The number of likely N-dealkylation sites (tertiary alicyclic amines) is 2. The Morgan fingerprint density at radius 2 is 1.58 bits per heavy atom. The fourth-order valence-electron chi connectivity index (χ4n) is 7.38. The Hall–Kier alpha value is -6.14. The van der Waals surface area contributed by atoms with Crippen molar-refractivity contribution in [1.29, 1.82) is 0 Å². The molecule has 0 radical (unpaired) electrons. The predicted octanol–water partition coefficient (Wildman–Crippen LogP) is 5.54. The van der Waals surface area contributed by atoms with Gasteiger partial charge in [-0.3, -0.25) is 19.4 Å². The summed E-state index contributed by atoms with van der Waals surface area (Å²) >= 11 is 0. The van der Waals surface area contributed by atoms with E-state index < -0.39 is 24.0 Å². The van der Waals surface area contributed by atoms with E-state index in [4.69, 9.17) is 9.47 Å². The molecule has 0 unspecified atom stereocenters. The second-order valence-corrected chi connectivity index (χ2v) is 14.2. The van der Waals surface area contributed by atoms with Crippen LogP contribution in [0.2, 0.25) is 0 Å². The number of aliphatic imine (C=N–C) groups is 1. The van der Waals surface area contributed by atoms with Crippen molar-refractivity contribution < 1.29 is 28.7 Å². The summed E-state index contributed by atoms with van der Waals surface area (Å²) in [7, 11) is 2.62. The number of H-pyrrole nitrogens is 1. The average molecular weight is 743 g/mol. The van der Waals surface area contributed by atoms with Crippen molar-refractivity contribution in [2.24, 2.45) is 10.9 Å². The van der Waals surface area contributed by atoms with Crippen molar-refractivity contribution in [1.82, 2.24) is 25.1 Å². The minimum Gasteiger partial charge on any atom is -0.469 e. The van der Waals surface area contributed by atoms with Crippen LogP contribution in [-0.2, 0) is 23.9 Å². The van der Waals surface area contributed by atoms with Crippen LogP contribution in [0.1, 0.15) is 81.3 Å². The van der Waals surface area contributed by atoms with Gasteiger partial charge >= 0.3 is 12.1 Å². The summed E-state index contributed by atoms with van der Waals surface area (Å²) in [6.45, 7) is 4.98. The molecule has 2 aromatic carbocycles. The van der Waals surface area contributed by atoms with Gasteiger partial charge in [0.15, 0.2) is 0 Å². The lowest BCUT2D eigenvalue weighted by Crippen LogP contribution is -2.53. The smallest absolute Gasteiger partial charge is 0.407 e. The molecule has 2 saturated heterocycles. The van der Waals surface area contributed by atoms with Gasteiger partial charge in [-0.1, -0.05) is 68.2 Å². The molecule has 3 aliphatic rings. The van der Waals surface area contributed by atoms with Crippen molar-refractivity contribution in [3.63, 3.8) is 0 Å². The molecule has 12 heteroatoms. The molecule has 0 bridgehead atoms. The molecule has 284 valence electrons. The van der Waals surface area contributed by atoms with E-state index >= 15 is 0 Å². The van der Waals surface area contributed by atoms with Crippen LogP contribution in [0.4, 0.5) is 4.79 Å². The number of carbonyl (C=O) groups excluding carboxylic acids is 4. The Bertz CT molecular complexity index is 2080. The monoisotopic (exact) mass is 742 g/mol. The van der Waals surface area contributed by atoms with E-state index in [1.807, 2.05) is 78.2 Å². The third-order valence-electron chi connectivity index (χ3n) is 10.3. The maximum Gasteiger partial charge on any atom is 0.407 e. The number of rotatable bonds is 10. The lowest BCUT2D eigenvalue weighted by Gasteiger charge is -2.31. The Kier molecular flexibility index (Phi) is 12.5. The molecule has 3 aromatic rings. The number of aromatic amines is 1. The highest BCUT2D eigenvalue weighted by Crippen LogP contribution is 2.35. The molecule has 3 aliphatic heterocycles. The van der Waals surface area contributed by atoms with Gasteiger partial charge < -0.3 is 29.6 Å². The normalized spacial score (nSPS) is 18.6. The van der Waals surface area contributed by atoms with Gasteiger partial charge in [-0.15, -0.1) is 0 Å². The van der Waals surface area contributed by atoms with E-state index in [0.717, 1.165) is 59.4 Å². The van der Waals surface area contributed by atoms with E-state index in [2.05, 4.69) is 44.0 Å². The first-order valence-corrected chi connectivity index (χ1v) is 18.7. The number of amides is 3. The van der Waals surface area contributed by atoms with Gasteiger partial charge in [-0.2, -0.15) is 0 Å². The SMILES string of the molecule is COC(=O)C[C@@H](C(=O)N1CCC[C@H]1c1ncc(-c2ccc(C#CC#CC3=CN=C([C@@H]4CCCN4C(=O)[C@@H](NC(=O)OC)C(C)C)C3)cc2)[nH]1)c1ccccc1. The van der Waals surface area contributed by atoms with Crippen LogP contribution in [0.25, 0.3) is 11.3 Å². The van der Waals surface area contributed by atoms with Crippen LogP contribution in [0, 0.1) is 29.6 Å². The molecule has 1 aromatic heterocycles. The number of esters is 1. The minimum absolute atomic E-state index is 0.0262. The van der Waals surface area contributed by atoms with Crippen molar-refractivity contribution in [2.75, 3.05) is 27.3 Å². The molecule has 0 aliphatic carbocycles. The number of methoxy groups -OCH3 is 2. The predicted molar refractivity (Wildman–Crippen MR) is 207 cm³/mol. The van der Waals surface area contributed by atoms with E-state index in [1.165, 1.54) is 14.2 Å². The number of aromatic nitrogens is 2. The number of carbonyl (C=O) groups is 4. The molecule has 3 amide bonds. The quantitative estimate of drug-likeness (QED) is 0.205. The summed E-state index contributed by atoms with van der Waals surface area (Å²) < 4.78 is 9.65. The van der Waals surface area contributed by atoms with E-state index in [0.29, 0.717) is 25.3 Å². The highest BCUT2D eigenvalue weighted by atomic mass is 16.5. The van der Waals surface area contributed by atoms with Gasteiger partial charge in [0.2, 0.25) is 11.8 Å². The minimum atomic E-state index is -0.677. The number of ether oxygens (including phenoxy) is 2. The summed E-state index contributed by atoms with van der Waals surface area (Å²) in [6, 6.07) is 16.1. The van der Waals surface area contributed by atoms with Crippen LogP contribution >= 0.6 is 0 Å². The maximum atomic E-state index is 13.9. The van der Waals surface area contributed by atoms with Gasteiger partial charge in [0.1, 0.15) is 11.9 Å². The molecule has 0 saturated carbocycles. The lowest BCUT2D eigenvalue weighted by molar-refractivity contribution is -0.145. The Morgan fingerprint density at radius 3 is 2.27 bits per heavy atom. The summed E-state index contributed by atoms with van der Waals surface area (Å²) in [6.07, 6.45) is 6.70. The second-order valence-electron chi connectivity index (χ2n) is 14.2. The Labute approximate surface area is 321 Å². The van der Waals surface area contributed by atoms with E-state index in [9.17, 15) is 19.2 Å². The highest BCUT2D eigenvalue weighted by Gasteiger charge is 2.39. The van der Waals surface area contributed by atoms with Crippen LogP contribution in [0.15, 0.2) is 77.6 Å². The van der Waals surface area contributed by atoms with Gasteiger partial charge in [0.05, 0.1) is 50.5 Å². The van der Waals surface area contributed by atoms with Gasteiger partial charge in [-0.25, -0.2) is 9.78 Å². The van der Waals surface area contributed by atoms with Crippen molar-refractivity contribution in [3.8, 4) is 34.9 Å². The van der Waals surface area contributed by atoms with Crippen molar-refractivity contribution >= 4 is 29.6 Å². The average Bonchev–Trinajstić information content (AvgIpc) is 4.04. The molecule has 2 N–H and O–H groups in total. The molecule has 0 spiro atoms. The van der Waals surface area contributed by atoms with Crippen LogP contribution in [-0.4, -0.2) is 88.7 Å². The molecule has 2 fully saturated rings. The zero-order chi connectivity index (χ0) is 38.9. The largest absolute Gasteiger partial charge is 0.469 e. The van der Waals surface area contributed by atoms with Crippen molar-refractivity contribution in [3.05, 3.63) is 89.5 Å². The highest BCUT2D eigenvalue weighted by molar-refractivity contribution is 5.98. The van der Waals surface area contributed by atoms with Gasteiger partial charge in [0, 0.05) is 42.6 Å². The number of allylic oxidation sites excluding steroid dienone is 1. The molecule has 4 heterocycles. The third kappa shape index (κ3) is 9.15. The molecular weight excluding hydrogens is 697 g/mol. The lowest BCUT2D eigenvalue weighted by atomic mass is 9.94. The summed E-state index contributed by atoms with van der Waals surface area (Å²) in [5.74, 6) is 11.4. The molecule has 4 atom stereocenters. The third-order valence-corrected chi connectivity index (χ3v) is 10.3. The first kappa shape index (κ1) is 38.6. The fraction of sp³-hybridized carbons (Fsp3) is 0.395. The molecule has 6 rings (SSSR count). The zero-order valence-electron chi connectivity index (χ0n) is 31.6. The van der Waals surface area contributed by atoms with E-state index in [1.54, 1.807) is 12.4 Å². The number of alkyl carbamates (subject to hydrolysis) is 1. The maximum absolute atomic E-state index is 13.9. The first-order valence-electron chi connectivity index (χ1n) is 18.7. The fourth-order valence-corrected chi connectivity index (χ4v) is 7.38. The van der Waals surface area contributed by atoms with Gasteiger partial charge in [-0.05, 0) is 66.7 Å². The van der Waals surface area contributed by atoms with Crippen LogP contribution < -0.4 is 5.32 Å². The van der Waals surface area contributed by atoms with Crippen molar-refractivity contribution in [2.45, 2.75) is 76.4 Å². The number of nitrogens with one attached hydrogen (secondary N) is 2. The Morgan fingerprint density at radius 1 is 0.891 bits per heavy atom. The molecular formula is C43H46N6O6. The summed E-state index contributed by atoms with van der Waals surface area (Å²) in [5, 5.41) is 2.68. The molecule has 12 nitrogen and oxygen atoms in total. The number of hydrogen-bond donors (Lipinski definition) is 2. The zero-order valence-corrected chi connectivity index (χ0v) is 31.6. The summed E-state index contributed by atoms with van der Waals surface area (Å²) in [4.78, 5) is 67.8. The van der Waals surface area contributed by atoms with Crippen LogP contribution in [0.5, 0.6) is 0 Å². The first-order chi connectivity index (χ1) is 26.7. The number of nitrogens with zero attached hydrogens (tertiary/aromatic N) is 4. The second kappa shape index (κ2) is 17.8. The summed E-state index contributed by atoms with van der Waals surface area (Å²) in [5.41, 5.74) is 5.08. The van der Waals surface area contributed by atoms with E-state index in [-0.39, 0.29) is 36.2 Å². The number of hydrogen-bond acceptors (Lipinski definition) is 8. The van der Waals surface area contributed by atoms with Gasteiger partial charge in [0.25, 0.3) is 0 Å². The standard InChI is InChI=1S/C43H46N6O6/c1-28(2)39(47-43(53)55-4)42(52)48-22-10-16-36(48)34-24-30(26-44-34)13-9-8-12-29-18-20-32(21-19-29)35-27-45-40(46-35)37-17-11-23-49(37)41(51)33(25-38(50)54-3)31-14-6-5-7-15-31/h5-7,14-15,18-21,26-28,33,36-37,39H,10-11,16-17,22-25H2,1-4H3,(H,45,46)(H,47,53)/t33-,36+,37+,39+/m1/s1. The Balaban J connectivity index is 1.05.